The van der Waals surface area contributed by atoms with Gasteiger partial charge in [-0.25, -0.2) is 0 Å². The van der Waals surface area contributed by atoms with E-state index in [1.54, 1.807) is 18.2 Å². The van der Waals surface area contributed by atoms with Crippen molar-refractivity contribution in [3.05, 3.63) is 23.8 Å². The minimum atomic E-state index is -0.0862. The summed E-state index contributed by atoms with van der Waals surface area (Å²) in [6.45, 7) is 2.77. The van der Waals surface area contributed by atoms with Gasteiger partial charge in [-0.1, -0.05) is 6.42 Å². The zero-order valence-corrected chi connectivity index (χ0v) is 9.99. The lowest BCUT2D eigenvalue weighted by Crippen LogP contribution is -2.43. The van der Waals surface area contributed by atoms with E-state index in [1.807, 2.05) is 6.92 Å². The van der Waals surface area contributed by atoms with Crippen LogP contribution in [0.25, 0.3) is 0 Å². The molecule has 1 heterocycles. The molecule has 17 heavy (non-hydrogen) atoms. The van der Waals surface area contributed by atoms with E-state index in [9.17, 15) is 9.90 Å². The Morgan fingerprint density at radius 3 is 2.94 bits per heavy atom. The molecule has 0 unspecified atom stereocenters. The van der Waals surface area contributed by atoms with E-state index in [4.69, 9.17) is 0 Å². The highest BCUT2D eigenvalue weighted by Crippen LogP contribution is 2.20. The van der Waals surface area contributed by atoms with Crippen LogP contribution >= 0.6 is 0 Å². The third-order valence-corrected chi connectivity index (χ3v) is 3.09. The molecule has 3 N–H and O–H groups in total. The molecule has 0 bridgehead atoms. The summed E-state index contributed by atoms with van der Waals surface area (Å²) in [7, 11) is 0. The van der Waals surface area contributed by atoms with E-state index >= 15 is 0 Å². The Labute approximate surface area is 101 Å². The van der Waals surface area contributed by atoms with Crippen LogP contribution in [0.5, 0.6) is 5.75 Å². The van der Waals surface area contributed by atoms with Crippen molar-refractivity contribution in [3.63, 3.8) is 0 Å². The largest absolute Gasteiger partial charge is 0.508 e. The molecule has 2 rings (SSSR count). The lowest BCUT2D eigenvalue weighted by molar-refractivity contribution is -0.118. The smallest absolute Gasteiger partial charge is 0.241 e. The molecule has 1 atom stereocenters. The van der Waals surface area contributed by atoms with Crippen molar-refractivity contribution >= 4 is 11.6 Å². The zero-order valence-electron chi connectivity index (χ0n) is 9.99. The molecule has 92 valence electrons. The summed E-state index contributed by atoms with van der Waals surface area (Å²) in [5.41, 5.74) is 1.63. The van der Waals surface area contributed by atoms with E-state index in [-0.39, 0.29) is 17.7 Å². The number of phenols is 1. The number of nitrogens with one attached hydrogen (secondary N) is 2. The molecule has 1 fully saturated rings. The van der Waals surface area contributed by atoms with Gasteiger partial charge in [-0.3, -0.25) is 4.79 Å². The van der Waals surface area contributed by atoms with E-state index in [0.717, 1.165) is 37.1 Å². The highest BCUT2D eigenvalue weighted by Gasteiger charge is 2.20. The quantitative estimate of drug-likeness (QED) is 0.684. The van der Waals surface area contributed by atoms with Crippen LogP contribution in [0, 0.1) is 6.92 Å². The third kappa shape index (κ3) is 2.97. The maximum absolute atomic E-state index is 12.0. The van der Waals surface area contributed by atoms with E-state index < -0.39 is 0 Å². The molecule has 0 spiro atoms. The number of hydrogen-bond acceptors (Lipinski definition) is 3. The lowest BCUT2D eigenvalue weighted by atomic mass is 10.0. The minimum Gasteiger partial charge on any atom is -0.508 e. The summed E-state index contributed by atoms with van der Waals surface area (Å²) in [4.78, 5) is 12.0. The zero-order chi connectivity index (χ0) is 12.3. The van der Waals surface area contributed by atoms with Crippen molar-refractivity contribution < 1.29 is 9.90 Å². The molecule has 0 radical (unpaired) electrons. The number of aryl methyl sites for hydroxylation is 1. The second-order valence-corrected chi connectivity index (χ2v) is 4.49. The van der Waals surface area contributed by atoms with E-state index in [0.29, 0.717) is 0 Å². The monoisotopic (exact) mass is 234 g/mol. The first kappa shape index (κ1) is 11.9. The summed E-state index contributed by atoms with van der Waals surface area (Å²) in [6, 6.07) is 4.86. The third-order valence-electron chi connectivity index (χ3n) is 3.09. The van der Waals surface area contributed by atoms with Crippen molar-refractivity contribution in [2.45, 2.75) is 32.2 Å². The Morgan fingerprint density at radius 2 is 2.29 bits per heavy atom. The van der Waals surface area contributed by atoms with Crippen molar-refractivity contribution in [3.8, 4) is 5.75 Å². The molecule has 0 aromatic heterocycles. The number of piperidine rings is 1. The molecule has 4 nitrogen and oxygen atoms in total. The number of phenolic OH excluding ortho intramolecular Hbond substituents is 1. The number of amides is 1. The number of rotatable bonds is 2. The Bertz CT molecular complexity index is 412. The van der Waals surface area contributed by atoms with Gasteiger partial charge in [0.25, 0.3) is 0 Å². The predicted molar refractivity (Wildman–Crippen MR) is 67.1 cm³/mol. The summed E-state index contributed by atoms with van der Waals surface area (Å²) in [6.07, 6.45) is 3.13. The fourth-order valence-electron chi connectivity index (χ4n) is 2.08. The molecular formula is C13H18N2O2. The van der Waals surface area contributed by atoms with Gasteiger partial charge in [-0.2, -0.15) is 0 Å². The number of benzene rings is 1. The van der Waals surface area contributed by atoms with Gasteiger partial charge in [0, 0.05) is 5.69 Å². The summed E-state index contributed by atoms with van der Waals surface area (Å²) >= 11 is 0. The molecule has 1 aromatic rings. The molecule has 1 aliphatic heterocycles. The Kier molecular flexibility index (Phi) is 3.64. The van der Waals surface area contributed by atoms with Gasteiger partial charge >= 0.3 is 0 Å². The summed E-state index contributed by atoms with van der Waals surface area (Å²) < 4.78 is 0. The van der Waals surface area contributed by atoms with Crippen LogP contribution in [0.15, 0.2) is 18.2 Å². The van der Waals surface area contributed by atoms with Crippen LogP contribution in [0.1, 0.15) is 24.8 Å². The first-order valence-electron chi connectivity index (χ1n) is 6.00. The van der Waals surface area contributed by atoms with Gasteiger partial charge in [-0.15, -0.1) is 0 Å². The van der Waals surface area contributed by atoms with E-state index in [1.165, 1.54) is 0 Å². The first-order valence-corrected chi connectivity index (χ1v) is 6.00. The van der Waals surface area contributed by atoms with Gasteiger partial charge in [0.15, 0.2) is 0 Å². The van der Waals surface area contributed by atoms with Gasteiger partial charge in [0.1, 0.15) is 5.75 Å². The van der Waals surface area contributed by atoms with E-state index in [2.05, 4.69) is 10.6 Å². The number of carbonyl (C=O) groups excluding carboxylic acids is 1. The summed E-state index contributed by atoms with van der Waals surface area (Å²) in [5.74, 6) is 0.231. The molecule has 0 saturated carbocycles. The van der Waals surface area contributed by atoms with Gasteiger partial charge in [-0.05, 0) is 50.1 Å². The standard InChI is InChI=1S/C13H18N2O2/c1-9-8-10(16)5-6-11(9)15-13(17)12-4-2-3-7-14-12/h5-6,8,12,14,16H,2-4,7H2,1H3,(H,15,17)/t12-/m1/s1. The van der Waals surface area contributed by atoms with Crippen LogP contribution in [-0.4, -0.2) is 23.6 Å². The minimum absolute atomic E-state index is 0.0125. The van der Waals surface area contributed by atoms with Crippen LogP contribution in [0.2, 0.25) is 0 Å². The maximum atomic E-state index is 12.0. The van der Waals surface area contributed by atoms with Crippen LogP contribution in [0.4, 0.5) is 5.69 Å². The second-order valence-electron chi connectivity index (χ2n) is 4.49. The topological polar surface area (TPSA) is 61.4 Å². The fourth-order valence-corrected chi connectivity index (χ4v) is 2.08. The molecule has 0 aliphatic carbocycles. The Morgan fingerprint density at radius 1 is 1.47 bits per heavy atom. The highest BCUT2D eigenvalue weighted by atomic mass is 16.3. The highest BCUT2D eigenvalue weighted by molar-refractivity contribution is 5.95. The molecule has 1 amide bonds. The number of hydrogen-bond donors (Lipinski definition) is 3. The van der Waals surface area contributed by atoms with Crippen molar-refractivity contribution in [1.82, 2.24) is 5.32 Å². The number of anilines is 1. The van der Waals surface area contributed by atoms with Gasteiger partial charge < -0.3 is 15.7 Å². The average molecular weight is 234 g/mol. The van der Waals surface area contributed by atoms with Crippen molar-refractivity contribution in [2.75, 3.05) is 11.9 Å². The van der Waals surface area contributed by atoms with Crippen molar-refractivity contribution in [2.24, 2.45) is 0 Å². The van der Waals surface area contributed by atoms with Crippen LogP contribution < -0.4 is 10.6 Å². The Hall–Kier alpha value is -1.55. The predicted octanol–water partition coefficient (Wildman–Crippen LogP) is 1.78. The number of aromatic hydroxyl groups is 1. The van der Waals surface area contributed by atoms with Gasteiger partial charge in [0.2, 0.25) is 5.91 Å². The van der Waals surface area contributed by atoms with Crippen molar-refractivity contribution in [1.29, 1.82) is 0 Å². The molecular weight excluding hydrogens is 216 g/mol. The molecule has 1 aromatic carbocycles. The number of carbonyl (C=O) groups is 1. The molecule has 4 heteroatoms. The molecule has 1 aliphatic rings. The second kappa shape index (κ2) is 5.19. The first-order chi connectivity index (χ1) is 8.16. The van der Waals surface area contributed by atoms with Crippen LogP contribution in [-0.2, 0) is 4.79 Å². The lowest BCUT2D eigenvalue weighted by Gasteiger charge is -2.22. The Balaban J connectivity index is 2.02. The SMILES string of the molecule is Cc1cc(O)ccc1NC(=O)[C@H]1CCCCN1. The summed E-state index contributed by atoms with van der Waals surface area (Å²) in [5, 5.41) is 15.4. The molecule has 1 saturated heterocycles. The fraction of sp³-hybridized carbons (Fsp3) is 0.462. The van der Waals surface area contributed by atoms with Gasteiger partial charge in [0.05, 0.1) is 6.04 Å². The average Bonchev–Trinajstić information content (AvgIpc) is 2.34. The maximum Gasteiger partial charge on any atom is 0.241 e. The van der Waals surface area contributed by atoms with Crippen LogP contribution in [0.3, 0.4) is 0 Å². The normalized spacial score (nSPS) is 19.9.